The quantitative estimate of drug-likeness (QED) is 0.456. The van der Waals surface area contributed by atoms with E-state index < -0.39 is 11.8 Å². The lowest BCUT2D eigenvalue weighted by atomic mass is 10.1. The number of nitrogens with zero attached hydrogens (tertiary/aromatic N) is 4. The molecule has 0 atom stereocenters. The van der Waals surface area contributed by atoms with Crippen LogP contribution in [0.1, 0.15) is 38.3 Å². The molecule has 3 aromatic rings. The fraction of sp³-hybridized carbons (Fsp3) is 0.333. The van der Waals surface area contributed by atoms with Crippen molar-refractivity contribution >= 4 is 44.4 Å². The summed E-state index contributed by atoms with van der Waals surface area (Å²) >= 11 is 1.45. The second-order valence-electron chi connectivity index (χ2n) is 8.29. The SMILES string of the molecule is Cc1ccc2sc(N(CCCN(C)C)C(=O)CN3C(=O)c4ccccc4C3=O)nc2c1C.[Cl-]. The third kappa shape index (κ3) is 4.78. The zero-order chi connectivity index (χ0) is 23.0. The molecule has 4 rings (SSSR count). The van der Waals surface area contributed by atoms with Gasteiger partial charge in [0.2, 0.25) is 5.91 Å². The van der Waals surface area contributed by atoms with Crippen LogP contribution in [0.3, 0.4) is 0 Å². The number of aryl methyl sites for hydroxylation is 2. The summed E-state index contributed by atoms with van der Waals surface area (Å²) in [5, 5.41) is 0.592. The molecule has 1 aliphatic heterocycles. The molecule has 0 bridgehead atoms. The molecule has 0 unspecified atom stereocenters. The maximum atomic E-state index is 13.4. The number of thiazole rings is 1. The Hall–Kier alpha value is -2.81. The molecule has 33 heavy (non-hydrogen) atoms. The van der Waals surface area contributed by atoms with E-state index in [0.29, 0.717) is 22.8 Å². The summed E-state index contributed by atoms with van der Waals surface area (Å²) in [6, 6.07) is 10.7. The lowest BCUT2D eigenvalue weighted by Gasteiger charge is -2.23. The van der Waals surface area contributed by atoms with Gasteiger partial charge in [0.1, 0.15) is 6.54 Å². The standard InChI is InChI=1S/C24H26N4O3S.ClH/c1-15-10-11-19-21(16(15)2)25-24(32-19)27(13-7-12-26(3)4)20(29)14-28-22(30)17-8-5-6-9-18(17)23(28)31;/h5-6,8-11H,7,12-14H2,1-4H3;1H/p-1. The minimum Gasteiger partial charge on any atom is -1.00 e. The highest BCUT2D eigenvalue weighted by atomic mass is 35.5. The Morgan fingerprint density at radius 2 is 1.64 bits per heavy atom. The molecule has 0 N–H and O–H groups in total. The van der Waals surface area contributed by atoms with Gasteiger partial charge in [-0.3, -0.25) is 24.2 Å². The molecule has 2 aromatic carbocycles. The zero-order valence-corrected chi connectivity index (χ0v) is 20.7. The highest BCUT2D eigenvalue weighted by Gasteiger charge is 2.37. The Bertz CT molecular complexity index is 1190. The van der Waals surface area contributed by atoms with E-state index in [2.05, 4.69) is 11.0 Å². The predicted octanol–water partition coefficient (Wildman–Crippen LogP) is 0.498. The van der Waals surface area contributed by atoms with Gasteiger partial charge in [-0.15, -0.1) is 0 Å². The number of imide groups is 1. The van der Waals surface area contributed by atoms with Gasteiger partial charge in [-0.1, -0.05) is 29.5 Å². The van der Waals surface area contributed by atoms with Crippen molar-refractivity contribution in [3.8, 4) is 0 Å². The summed E-state index contributed by atoms with van der Waals surface area (Å²) < 4.78 is 1.01. The Labute approximate surface area is 203 Å². The maximum absolute atomic E-state index is 13.4. The number of anilines is 1. The number of benzene rings is 2. The Balaban J connectivity index is 0.00000306. The first-order chi connectivity index (χ1) is 15.3. The van der Waals surface area contributed by atoms with Crippen LogP contribution in [0.25, 0.3) is 10.2 Å². The van der Waals surface area contributed by atoms with Gasteiger partial charge in [0.25, 0.3) is 11.8 Å². The largest absolute Gasteiger partial charge is 1.00 e. The molecule has 1 aromatic heterocycles. The molecule has 9 heteroatoms. The van der Waals surface area contributed by atoms with E-state index in [1.807, 2.05) is 34.0 Å². The van der Waals surface area contributed by atoms with Crippen molar-refractivity contribution in [3.05, 3.63) is 58.7 Å². The van der Waals surface area contributed by atoms with Crippen molar-refractivity contribution in [2.45, 2.75) is 20.3 Å². The molecule has 0 spiro atoms. The molecule has 0 saturated heterocycles. The Kier molecular flexibility index (Phi) is 7.51. The Morgan fingerprint density at radius 1 is 1.00 bits per heavy atom. The van der Waals surface area contributed by atoms with Gasteiger partial charge >= 0.3 is 0 Å². The van der Waals surface area contributed by atoms with Crippen LogP contribution in [-0.4, -0.2) is 66.2 Å². The van der Waals surface area contributed by atoms with E-state index in [1.165, 1.54) is 11.3 Å². The van der Waals surface area contributed by atoms with Crippen LogP contribution < -0.4 is 17.3 Å². The fourth-order valence-electron chi connectivity index (χ4n) is 3.81. The smallest absolute Gasteiger partial charge is 0.262 e. The van der Waals surface area contributed by atoms with E-state index in [1.54, 1.807) is 29.2 Å². The number of carbonyl (C=O) groups is 3. The summed E-state index contributed by atoms with van der Waals surface area (Å²) in [6.07, 6.45) is 0.745. The van der Waals surface area contributed by atoms with Gasteiger partial charge in [0.15, 0.2) is 5.13 Å². The lowest BCUT2D eigenvalue weighted by molar-refractivity contribution is -0.119. The summed E-state index contributed by atoms with van der Waals surface area (Å²) in [7, 11) is 3.96. The third-order valence-corrected chi connectivity index (χ3v) is 6.81. The molecular weight excluding hydrogens is 460 g/mol. The molecule has 0 radical (unpaired) electrons. The average Bonchev–Trinajstić information content (AvgIpc) is 3.30. The first-order valence-corrected chi connectivity index (χ1v) is 11.4. The van der Waals surface area contributed by atoms with Crippen LogP contribution in [0.5, 0.6) is 0 Å². The number of hydrogen-bond acceptors (Lipinski definition) is 6. The Morgan fingerprint density at radius 3 is 2.24 bits per heavy atom. The number of aromatic nitrogens is 1. The van der Waals surface area contributed by atoms with Gasteiger partial charge < -0.3 is 17.3 Å². The van der Waals surface area contributed by atoms with Crippen LogP contribution >= 0.6 is 11.3 Å². The average molecular weight is 486 g/mol. The number of amides is 3. The predicted molar refractivity (Wildman–Crippen MR) is 126 cm³/mol. The first-order valence-electron chi connectivity index (χ1n) is 10.5. The monoisotopic (exact) mass is 485 g/mol. The van der Waals surface area contributed by atoms with Crippen LogP contribution in [0, 0.1) is 13.8 Å². The minimum absolute atomic E-state index is 0. The lowest BCUT2D eigenvalue weighted by Crippen LogP contribution is -3.00. The van der Waals surface area contributed by atoms with Crippen molar-refractivity contribution < 1.29 is 26.8 Å². The van der Waals surface area contributed by atoms with Crippen molar-refractivity contribution in [1.29, 1.82) is 0 Å². The molecule has 0 saturated carbocycles. The summed E-state index contributed by atoms with van der Waals surface area (Å²) in [5.41, 5.74) is 3.80. The van der Waals surface area contributed by atoms with Gasteiger partial charge in [0.05, 0.1) is 21.3 Å². The van der Waals surface area contributed by atoms with E-state index in [9.17, 15) is 14.4 Å². The number of hydrogen-bond donors (Lipinski definition) is 0. The molecule has 0 fully saturated rings. The molecule has 3 amide bonds. The topological polar surface area (TPSA) is 73.8 Å². The number of halogens is 1. The molecule has 7 nitrogen and oxygen atoms in total. The molecule has 0 aliphatic carbocycles. The minimum atomic E-state index is -0.428. The van der Waals surface area contributed by atoms with E-state index >= 15 is 0 Å². The highest BCUT2D eigenvalue weighted by molar-refractivity contribution is 7.22. The van der Waals surface area contributed by atoms with Crippen LogP contribution in [0.4, 0.5) is 5.13 Å². The molecular formula is C24H26ClN4O3S-. The van der Waals surface area contributed by atoms with Crippen LogP contribution in [0.15, 0.2) is 36.4 Å². The summed E-state index contributed by atoms with van der Waals surface area (Å²) in [5.74, 6) is -1.17. The van der Waals surface area contributed by atoms with Gasteiger partial charge in [-0.2, -0.15) is 0 Å². The maximum Gasteiger partial charge on any atom is 0.262 e. The molecule has 2 heterocycles. The van der Waals surface area contributed by atoms with Crippen molar-refractivity contribution in [2.75, 3.05) is 38.6 Å². The van der Waals surface area contributed by atoms with Gasteiger partial charge in [-0.05, 0) is 70.2 Å². The van der Waals surface area contributed by atoms with E-state index in [4.69, 9.17) is 4.98 Å². The van der Waals surface area contributed by atoms with Crippen LogP contribution in [-0.2, 0) is 4.79 Å². The third-order valence-electron chi connectivity index (χ3n) is 5.76. The highest BCUT2D eigenvalue weighted by Crippen LogP contribution is 2.32. The van der Waals surface area contributed by atoms with Crippen molar-refractivity contribution in [2.24, 2.45) is 0 Å². The zero-order valence-electron chi connectivity index (χ0n) is 19.1. The van der Waals surface area contributed by atoms with E-state index in [0.717, 1.165) is 39.2 Å². The van der Waals surface area contributed by atoms with Crippen molar-refractivity contribution in [3.63, 3.8) is 0 Å². The number of rotatable bonds is 7. The first kappa shape index (κ1) is 24.8. The van der Waals surface area contributed by atoms with Crippen LogP contribution in [0.2, 0.25) is 0 Å². The van der Waals surface area contributed by atoms with Crippen molar-refractivity contribution in [1.82, 2.24) is 14.8 Å². The normalized spacial score (nSPS) is 12.9. The number of fused-ring (bicyclic) bond motifs is 2. The molecule has 174 valence electrons. The van der Waals surface area contributed by atoms with Gasteiger partial charge in [-0.25, -0.2) is 4.98 Å². The number of carbonyl (C=O) groups excluding carboxylic acids is 3. The summed E-state index contributed by atoms with van der Waals surface area (Å²) in [4.78, 5) is 48.3. The fourth-order valence-corrected chi connectivity index (χ4v) is 4.87. The van der Waals surface area contributed by atoms with E-state index in [-0.39, 0.29) is 24.9 Å². The summed E-state index contributed by atoms with van der Waals surface area (Å²) in [6.45, 7) is 5.02. The second-order valence-corrected chi connectivity index (χ2v) is 9.30. The van der Waals surface area contributed by atoms with Gasteiger partial charge in [0, 0.05) is 6.54 Å². The second kappa shape index (κ2) is 9.99. The molecule has 1 aliphatic rings.